The minimum Gasteiger partial charge on any atom is -0.380 e. The van der Waals surface area contributed by atoms with Crippen molar-refractivity contribution in [3.63, 3.8) is 0 Å². The summed E-state index contributed by atoms with van der Waals surface area (Å²) in [6, 6.07) is 17.6. The van der Waals surface area contributed by atoms with Gasteiger partial charge < -0.3 is 10.6 Å². The highest BCUT2D eigenvalue weighted by atomic mass is 19.1. The van der Waals surface area contributed by atoms with Gasteiger partial charge in [-0.25, -0.2) is 9.37 Å². The van der Waals surface area contributed by atoms with Crippen molar-refractivity contribution in [1.29, 1.82) is 0 Å². The quantitative estimate of drug-likeness (QED) is 0.727. The highest BCUT2D eigenvalue weighted by Crippen LogP contribution is 2.14. The molecule has 2 N–H and O–H groups in total. The minimum absolute atomic E-state index is 0.135. The van der Waals surface area contributed by atoms with Gasteiger partial charge in [-0.2, -0.15) is 0 Å². The Balaban J connectivity index is 1.60. The van der Waals surface area contributed by atoms with Gasteiger partial charge in [0.25, 0.3) is 5.91 Å². The predicted octanol–water partition coefficient (Wildman–Crippen LogP) is 4.39. The molecule has 0 atom stereocenters. The van der Waals surface area contributed by atoms with E-state index in [1.807, 2.05) is 6.92 Å². The van der Waals surface area contributed by atoms with E-state index in [-0.39, 0.29) is 11.4 Å². The summed E-state index contributed by atoms with van der Waals surface area (Å²) in [7, 11) is 0. The van der Waals surface area contributed by atoms with Crippen molar-refractivity contribution in [3.8, 4) is 0 Å². The lowest BCUT2D eigenvalue weighted by atomic mass is 10.1. The Bertz CT molecular complexity index is 861. The zero-order chi connectivity index (χ0) is 17.6. The summed E-state index contributed by atoms with van der Waals surface area (Å²) in [5.74, 6) is -0.928. The van der Waals surface area contributed by atoms with Gasteiger partial charge in [-0.1, -0.05) is 42.0 Å². The second-order valence-electron chi connectivity index (χ2n) is 5.71. The number of pyridine rings is 1. The molecular weight excluding hydrogens is 317 g/mol. The van der Waals surface area contributed by atoms with E-state index in [9.17, 15) is 9.18 Å². The fourth-order valence-corrected chi connectivity index (χ4v) is 2.29. The van der Waals surface area contributed by atoms with Crippen molar-refractivity contribution < 1.29 is 9.18 Å². The Morgan fingerprint density at radius 2 is 1.80 bits per heavy atom. The maximum atomic E-state index is 13.6. The number of hydrogen-bond donors (Lipinski definition) is 2. The maximum absolute atomic E-state index is 13.6. The molecule has 0 spiro atoms. The normalized spacial score (nSPS) is 10.3. The number of benzene rings is 2. The molecule has 4 nitrogen and oxygen atoms in total. The third kappa shape index (κ3) is 4.41. The molecule has 0 radical (unpaired) electrons. The number of hydrogen-bond acceptors (Lipinski definition) is 3. The van der Waals surface area contributed by atoms with Crippen LogP contribution >= 0.6 is 0 Å². The van der Waals surface area contributed by atoms with E-state index in [0.717, 1.165) is 11.3 Å². The number of nitrogens with zero attached hydrogens (tertiary/aromatic N) is 1. The molecule has 25 heavy (non-hydrogen) atoms. The van der Waals surface area contributed by atoms with Crippen LogP contribution in [0.3, 0.4) is 0 Å². The topological polar surface area (TPSA) is 54.0 Å². The van der Waals surface area contributed by atoms with Crippen LogP contribution in [-0.2, 0) is 6.54 Å². The summed E-state index contributed by atoms with van der Waals surface area (Å²) in [5.41, 5.74) is 3.55. The van der Waals surface area contributed by atoms with Crippen molar-refractivity contribution in [3.05, 3.63) is 89.5 Å². The molecule has 3 aromatic rings. The number of aromatic nitrogens is 1. The van der Waals surface area contributed by atoms with Crippen LogP contribution in [0.2, 0.25) is 0 Å². The first-order valence-corrected chi connectivity index (χ1v) is 7.93. The second-order valence-corrected chi connectivity index (χ2v) is 5.71. The third-order valence-electron chi connectivity index (χ3n) is 3.74. The van der Waals surface area contributed by atoms with E-state index in [1.165, 1.54) is 17.7 Å². The molecule has 0 unspecified atom stereocenters. The zero-order valence-electron chi connectivity index (χ0n) is 13.8. The van der Waals surface area contributed by atoms with E-state index >= 15 is 0 Å². The average Bonchev–Trinajstić information content (AvgIpc) is 2.63. The van der Waals surface area contributed by atoms with Crippen LogP contribution in [-0.4, -0.2) is 10.9 Å². The number of halogens is 1. The average molecular weight is 335 g/mol. The number of para-hydroxylation sites is 1. The van der Waals surface area contributed by atoms with Gasteiger partial charge in [0.2, 0.25) is 0 Å². The number of amides is 1. The molecule has 0 bridgehead atoms. The number of aryl methyl sites for hydroxylation is 1. The van der Waals surface area contributed by atoms with Crippen LogP contribution in [0.15, 0.2) is 66.9 Å². The molecule has 2 aromatic carbocycles. The van der Waals surface area contributed by atoms with Crippen molar-refractivity contribution in [2.24, 2.45) is 0 Å². The second kappa shape index (κ2) is 7.57. The van der Waals surface area contributed by atoms with E-state index in [0.29, 0.717) is 6.54 Å². The highest BCUT2D eigenvalue weighted by molar-refractivity contribution is 6.03. The van der Waals surface area contributed by atoms with E-state index in [4.69, 9.17) is 0 Å². The number of rotatable bonds is 5. The highest BCUT2D eigenvalue weighted by Gasteiger charge is 2.10. The van der Waals surface area contributed by atoms with Crippen molar-refractivity contribution in [2.75, 3.05) is 10.6 Å². The SMILES string of the molecule is Cc1ccc(CNc2ccc(C(=O)Nc3ccccc3F)nc2)cc1. The fourth-order valence-electron chi connectivity index (χ4n) is 2.29. The lowest BCUT2D eigenvalue weighted by molar-refractivity contribution is 0.102. The van der Waals surface area contributed by atoms with Gasteiger partial charge in [-0.15, -0.1) is 0 Å². The van der Waals surface area contributed by atoms with Gasteiger partial charge in [-0.3, -0.25) is 4.79 Å². The molecule has 1 aromatic heterocycles. The lowest BCUT2D eigenvalue weighted by Gasteiger charge is -2.08. The summed E-state index contributed by atoms with van der Waals surface area (Å²) in [6.45, 7) is 2.72. The number of anilines is 2. The van der Waals surface area contributed by atoms with E-state index in [1.54, 1.807) is 30.5 Å². The molecule has 0 aliphatic rings. The van der Waals surface area contributed by atoms with Gasteiger partial charge in [0.05, 0.1) is 17.6 Å². The number of carbonyl (C=O) groups excluding carboxylic acids is 1. The summed E-state index contributed by atoms with van der Waals surface area (Å²) < 4.78 is 13.6. The molecule has 5 heteroatoms. The Morgan fingerprint density at radius 1 is 1.04 bits per heavy atom. The third-order valence-corrected chi connectivity index (χ3v) is 3.74. The number of nitrogens with one attached hydrogen (secondary N) is 2. The van der Waals surface area contributed by atoms with Crippen LogP contribution in [0.25, 0.3) is 0 Å². The molecule has 1 heterocycles. The predicted molar refractivity (Wildman–Crippen MR) is 97.1 cm³/mol. The van der Waals surface area contributed by atoms with Crippen LogP contribution < -0.4 is 10.6 Å². The summed E-state index contributed by atoms with van der Waals surface area (Å²) in [4.78, 5) is 16.3. The minimum atomic E-state index is -0.479. The fraction of sp³-hybridized carbons (Fsp3) is 0.100. The van der Waals surface area contributed by atoms with Crippen molar-refractivity contribution in [1.82, 2.24) is 4.98 Å². The van der Waals surface area contributed by atoms with Gasteiger partial charge in [0.15, 0.2) is 0 Å². The summed E-state index contributed by atoms with van der Waals surface area (Å²) in [5, 5.41) is 5.76. The molecule has 0 aliphatic carbocycles. The van der Waals surface area contributed by atoms with E-state index in [2.05, 4.69) is 39.9 Å². The van der Waals surface area contributed by atoms with Crippen LogP contribution in [0.1, 0.15) is 21.6 Å². The number of carbonyl (C=O) groups is 1. The largest absolute Gasteiger partial charge is 0.380 e. The molecule has 1 amide bonds. The molecule has 126 valence electrons. The Hall–Kier alpha value is -3.21. The van der Waals surface area contributed by atoms with Crippen LogP contribution in [0.4, 0.5) is 15.8 Å². The van der Waals surface area contributed by atoms with E-state index < -0.39 is 11.7 Å². The van der Waals surface area contributed by atoms with Crippen LogP contribution in [0, 0.1) is 12.7 Å². The Morgan fingerprint density at radius 3 is 2.48 bits per heavy atom. The molecule has 0 saturated carbocycles. The molecular formula is C20H18FN3O. The molecule has 0 fully saturated rings. The summed E-state index contributed by atoms with van der Waals surface area (Å²) >= 11 is 0. The van der Waals surface area contributed by atoms with Gasteiger partial charge in [0.1, 0.15) is 11.5 Å². The van der Waals surface area contributed by atoms with Gasteiger partial charge in [0, 0.05) is 6.54 Å². The van der Waals surface area contributed by atoms with Gasteiger partial charge in [-0.05, 0) is 36.8 Å². The summed E-state index contributed by atoms with van der Waals surface area (Å²) in [6.07, 6.45) is 1.59. The van der Waals surface area contributed by atoms with Crippen molar-refractivity contribution in [2.45, 2.75) is 13.5 Å². The first-order chi connectivity index (χ1) is 12.1. The standard InChI is InChI=1S/C20H18FN3O/c1-14-6-8-15(9-7-14)12-22-16-10-11-19(23-13-16)20(25)24-18-5-3-2-4-17(18)21/h2-11,13,22H,12H2,1H3,(H,24,25). The molecule has 3 rings (SSSR count). The molecule has 0 saturated heterocycles. The monoisotopic (exact) mass is 335 g/mol. The van der Waals surface area contributed by atoms with Gasteiger partial charge >= 0.3 is 0 Å². The smallest absolute Gasteiger partial charge is 0.274 e. The Labute approximate surface area is 145 Å². The molecule has 0 aliphatic heterocycles. The lowest BCUT2D eigenvalue weighted by Crippen LogP contribution is -2.14. The zero-order valence-corrected chi connectivity index (χ0v) is 13.8. The van der Waals surface area contributed by atoms with Crippen LogP contribution in [0.5, 0.6) is 0 Å². The van der Waals surface area contributed by atoms with Crippen molar-refractivity contribution >= 4 is 17.3 Å². The maximum Gasteiger partial charge on any atom is 0.274 e. The first-order valence-electron chi connectivity index (χ1n) is 7.93. The Kier molecular flexibility index (Phi) is 5.04. The first kappa shape index (κ1) is 16.6.